The molecule has 2 N–H and O–H groups in total. The number of rotatable bonds is 9. The minimum Gasteiger partial charge on any atom is -0.486 e. The van der Waals surface area contributed by atoms with Crippen molar-refractivity contribution in [1.29, 1.82) is 0 Å². The van der Waals surface area contributed by atoms with Gasteiger partial charge in [0.25, 0.3) is 5.91 Å². The van der Waals surface area contributed by atoms with E-state index in [9.17, 15) is 9.59 Å². The van der Waals surface area contributed by atoms with E-state index in [1.807, 2.05) is 48.5 Å². The van der Waals surface area contributed by atoms with Gasteiger partial charge >= 0.3 is 0 Å². The highest BCUT2D eigenvalue weighted by atomic mass is 32.1. The lowest BCUT2D eigenvalue weighted by atomic mass is 9.91. The third-order valence-electron chi connectivity index (χ3n) is 6.33. The predicted molar refractivity (Wildman–Crippen MR) is 144 cm³/mol. The summed E-state index contributed by atoms with van der Waals surface area (Å²) in [5, 5.41) is 8.71. The molecule has 2 amide bonds. The molecule has 6 nitrogen and oxygen atoms in total. The highest BCUT2D eigenvalue weighted by molar-refractivity contribution is 7.09. The van der Waals surface area contributed by atoms with Gasteiger partial charge in [0.2, 0.25) is 5.91 Å². The molecular formula is C29H33N3O3S. The SMILES string of the molecule is CC(C)c1ccc(OCc2nc(C(=O)NC3CCC(NC(=O)/C=C/c4ccccc4)CC3)cs2)cc1. The number of thiazole rings is 1. The van der Waals surface area contributed by atoms with Gasteiger partial charge in [-0.1, -0.05) is 56.3 Å². The molecule has 0 spiro atoms. The van der Waals surface area contributed by atoms with Crippen molar-refractivity contribution in [2.45, 2.75) is 64.1 Å². The first-order valence-corrected chi connectivity index (χ1v) is 13.4. The second kappa shape index (κ2) is 12.5. The molecule has 0 unspecified atom stereocenters. The Morgan fingerprint density at radius 1 is 1.00 bits per heavy atom. The molecule has 0 atom stereocenters. The number of hydrogen-bond donors (Lipinski definition) is 2. The molecule has 1 aliphatic rings. The number of hydrogen-bond acceptors (Lipinski definition) is 5. The van der Waals surface area contributed by atoms with Gasteiger partial charge in [-0.3, -0.25) is 9.59 Å². The first-order valence-electron chi connectivity index (χ1n) is 12.5. The van der Waals surface area contributed by atoms with E-state index in [4.69, 9.17) is 4.74 Å². The predicted octanol–water partition coefficient (Wildman–Crippen LogP) is 5.72. The van der Waals surface area contributed by atoms with Crippen LogP contribution in [0.25, 0.3) is 6.08 Å². The molecule has 0 radical (unpaired) electrons. The van der Waals surface area contributed by atoms with Crippen LogP contribution in [0.3, 0.4) is 0 Å². The summed E-state index contributed by atoms with van der Waals surface area (Å²) >= 11 is 1.43. The fraction of sp³-hybridized carbons (Fsp3) is 0.345. The molecule has 1 aliphatic carbocycles. The summed E-state index contributed by atoms with van der Waals surface area (Å²) in [6.45, 7) is 4.66. The zero-order valence-electron chi connectivity index (χ0n) is 20.8. The molecule has 1 aromatic heterocycles. The second-order valence-corrected chi connectivity index (χ2v) is 10.4. The number of nitrogens with zero attached hydrogens (tertiary/aromatic N) is 1. The fourth-order valence-corrected chi connectivity index (χ4v) is 4.89. The fourth-order valence-electron chi connectivity index (χ4n) is 4.20. The smallest absolute Gasteiger partial charge is 0.270 e. The van der Waals surface area contributed by atoms with Crippen molar-refractivity contribution in [3.05, 3.63) is 87.9 Å². The van der Waals surface area contributed by atoms with Crippen LogP contribution in [-0.2, 0) is 11.4 Å². The number of carbonyl (C=O) groups excluding carboxylic acids is 2. The van der Waals surface area contributed by atoms with Gasteiger partial charge < -0.3 is 15.4 Å². The summed E-state index contributed by atoms with van der Waals surface area (Å²) in [7, 11) is 0. The van der Waals surface area contributed by atoms with Crippen LogP contribution in [0.2, 0.25) is 0 Å². The van der Waals surface area contributed by atoms with Gasteiger partial charge in [0.05, 0.1) is 0 Å². The summed E-state index contributed by atoms with van der Waals surface area (Å²) < 4.78 is 5.83. The molecular weight excluding hydrogens is 470 g/mol. The Morgan fingerprint density at radius 3 is 2.33 bits per heavy atom. The summed E-state index contributed by atoms with van der Waals surface area (Å²) in [6, 6.07) is 18.1. The van der Waals surface area contributed by atoms with Gasteiger partial charge in [0.15, 0.2) is 0 Å². The van der Waals surface area contributed by atoms with E-state index in [2.05, 4.69) is 41.6 Å². The zero-order valence-corrected chi connectivity index (χ0v) is 21.6. The first-order chi connectivity index (χ1) is 17.5. The number of amides is 2. The molecule has 2 aromatic carbocycles. The molecule has 0 saturated heterocycles. The number of nitrogens with one attached hydrogen (secondary N) is 2. The molecule has 3 aromatic rings. The molecule has 0 bridgehead atoms. The molecule has 1 heterocycles. The Kier molecular flexibility index (Phi) is 8.90. The van der Waals surface area contributed by atoms with E-state index in [0.717, 1.165) is 42.0 Å². The molecule has 1 saturated carbocycles. The van der Waals surface area contributed by atoms with Gasteiger partial charge in [-0.2, -0.15) is 0 Å². The third kappa shape index (κ3) is 7.52. The third-order valence-corrected chi connectivity index (χ3v) is 7.15. The van der Waals surface area contributed by atoms with Crippen LogP contribution in [0.5, 0.6) is 5.75 Å². The maximum atomic E-state index is 12.7. The topological polar surface area (TPSA) is 80.3 Å². The monoisotopic (exact) mass is 503 g/mol. The van der Waals surface area contributed by atoms with Crippen molar-refractivity contribution in [3.8, 4) is 5.75 Å². The van der Waals surface area contributed by atoms with Crippen LogP contribution < -0.4 is 15.4 Å². The average molecular weight is 504 g/mol. The molecule has 7 heteroatoms. The first kappa shape index (κ1) is 25.6. The van der Waals surface area contributed by atoms with E-state index in [0.29, 0.717) is 18.2 Å². The van der Waals surface area contributed by atoms with E-state index in [1.54, 1.807) is 11.5 Å². The van der Waals surface area contributed by atoms with E-state index >= 15 is 0 Å². The number of benzene rings is 2. The van der Waals surface area contributed by atoms with Crippen molar-refractivity contribution >= 4 is 29.2 Å². The normalized spacial score (nSPS) is 17.8. The van der Waals surface area contributed by atoms with Crippen molar-refractivity contribution in [2.75, 3.05) is 0 Å². The maximum Gasteiger partial charge on any atom is 0.270 e. The van der Waals surface area contributed by atoms with Crippen molar-refractivity contribution in [1.82, 2.24) is 15.6 Å². The lowest BCUT2D eigenvalue weighted by Gasteiger charge is -2.29. The Hall–Kier alpha value is -3.45. The molecule has 1 fully saturated rings. The Bertz CT molecular complexity index is 1160. The van der Waals surface area contributed by atoms with Gasteiger partial charge in [-0.05, 0) is 60.9 Å². The average Bonchev–Trinajstić information content (AvgIpc) is 3.38. The minimum absolute atomic E-state index is 0.0839. The molecule has 4 rings (SSSR count). The number of aromatic nitrogens is 1. The number of carbonyl (C=O) groups is 2. The van der Waals surface area contributed by atoms with Gasteiger partial charge in [0.1, 0.15) is 23.1 Å². The Labute approximate surface area is 216 Å². The number of ether oxygens (including phenoxy) is 1. The second-order valence-electron chi connectivity index (χ2n) is 9.41. The molecule has 188 valence electrons. The summed E-state index contributed by atoms with van der Waals surface area (Å²) in [5.74, 6) is 1.03. The lowest BCUT2D eigenvalue weighted by molar-refractivity contribution is -0.117. The summed E-state index contributed by atoms with van der Waals surface area (Å²) in [5.41, 5.74) is 2.69. The summed E-state index contributed by atoms with van der Waals surface area (Å²) in [4.78, 5) is 29.4. The maximum absolute atomic E-state index is 12.7. The van der Waals surface area contributed by atoms with Crippen LogP contribution in [0.15, 0.2) is 66.1 Å². The van der Waals surface area contributed by atoms with Crippen LogP contribution >= 0.6 is 11.3 Å². The molecule has 0 aliphatic heterocycles. The summed E-state index contributed by atoms with van der Waals surface area (Å²) in [6.07, 6.45) is 6.71. The zero-order chi connectivity index (χ0) is 25.3. The van der Waals surface area contributed by atoms with Gasteiger partial charge in [0, 0.05) is 23.5 Å². The molecule has 36 heavy (non-hydrogen) atoms. The Morgan fingerprint density at radius 2 is 1.67 bits per heavy atom. The van der Waals surface area contributed by atoms with Crippen LogP contribution in [0.1, 0.15) is 72.1 Å². The van der Waals surface area contributed by atoms with Gasteiger partial charge in [-0.15, -0.1) is 11.3 Å². The highest BCUT2D eigenvalue weighted by Gasteiger charge is 2.24. The quantitative estimate of drug-likeness (QED) is 0.366. The van der Waals surface area contributed by atoms with Gasteiger partial charge in [-0.25, -0.2) is 4.98 Å². The largest absolute Gasteiger partial charge is 0.486 e. The van der Waals surface area contributed by atoms with E-state index in [-0.39, 0.29) is 23.9 Å². The lowest BCUT2D eigenvalue weighted by Crippen LogP contribution is -2.43. The van der Waals surface area contributed by atoms with Crippen molar-refractivity contribution in [2.24, 2.45) is 0 Å². The van der Waals surface area contributed by atoms with Crippen molar-refractivity contribution < 1.29 is 14.3 Å². The van der Waals surface area contributed by atoms with Crippen LogP contribution in [0.4, 0.5) is 0 Å². The van der Waals surface area contributed by atoms with E-state index in [1.165, 1.54) is 16.9 Å². The van der Waals surface area contributed by atoms with Crippen LogP contribution in [-0.4, -0.2) is 28.9 Å². The highest BCUT2D eigenvalue weighted by Crippen LogP contribution is 2.22. The minimum atomic E-state index is -0.155. The van der Waals surface area contributed by atoms with Crippen molar-refractivity contribution in [3.63, 3.8) is 0 Å². The standard InChI is InChI=1S/C29H33N3O3S/c1-20(2)22-9-15-25(16-10-22)35-18-28-32-26(19-36-28)29(34)31-24-13-11-23(12-14-24)30-27(33)17-8-21-6-4-3-5-7-21/h3-10,15-17,19-20,23-24H,11-14,18H2,1-2H3,(H,30,33)(H,31,34)/b17-8+. The van der Waals surface area contributed by atoms with E-state index < -0.39 is 0 Å². The van der Waals surface area contributed by atoms with Crippen LogP contribution in [0, 0.1) is 0 Å². The Balaban J connectivity index is 1.18.